The van der Waals surface area contributed by atoms with Crippen LogP contribution in [-0.2, 0) is 4.79 Å². The van der Waals surface area contributed by atoms with Crippen molar-refractivity contribution < 1.29 is 19.1 Å². The molecule has 1 saturated carbocycles. The maximum atomic E-state index is 12.9. The first-order chi connectivity index (χ1) is 12.1. The third-order valence-electron chi connectivity index (χ3n) is 4.32. The van der Waals surface area contributed by atoms with Crippen LogP contribution in [0.15, 0.2) is 18.2 Å². The van der Waals surface area contributed by atoms with Crippen molar-refractivity contribution in [2.24, 2.45) is 5.73 Å². The average molecular weight is 344 g/mol. The van der Waals surface area contributed by atoms with Crippen molar-refractivity contribution in [3.63, 3.8) is 0 Å². The molecule has 2 rings (SSSR count). The van der Waals surface area contributed by atoms with Crippen LogP contribution in [0.2, 0.25) is 0 Å². The molecule has 0 aromatic heterocycles. The summed E-state index contributed by atoms with van der Waals surface area (Å²) in [5.74, 6) is 2.61. The number of methoxy groups -OCH3 is 1. The lowest BCUT2D eigenvalue weighted by atomic mass is 9.93. The van der Waals surface area contributed by atoms with E-state index in [1.165, 1.54) is 13.5 Å². The molecule has 1 aliphatic rings. The Kier molecular flexibility index (Phi) is 6.70. The van der Waals surface area contributed by atoms with E-state index in [1.54, 1.807) is 23.1 Å². The molecular weight excluding hydrogens is 320 g/mol. The molecule has 2 N–H and O–H groups in total. The highest BCUT2D eigenvalue weighted by Gasteiger charge is 2.26. The van der Waals surface area contributed by atoms with Crippen molar-refractivity contribution in [2.75, 3.05) is 20.3 Å². The van der Waals surface area contributed by atoms with Crippen LogP contribution < -0.4 is 15.2 Å². The van der Waals surface area contributed by atoms with Crippen LogP contribution in [0.25, 0.3) is 0 Å². The maximum absolute atomic E-state index is 12.9. The fourth-order valence-electron chi connectivity index (χ4n) is 3.09. The van der Waals surface area contributed by atoms with Gasteiger partial charge < -0.3 is 20.1 Å². The van der Waals surface area contributed by atoms with Gasteiger partial charge in [-0.15, -0.1) is 6.42 Å². The van der Waals surface area contributed by atoms with Gasteiger partial charge in [-0.05, 0) is 31.0 Å². The lowest BCUT2D eigenvalue weighted by molar-refractivity contribution is -0.119. The van der Waals surface area contributed by atoms with Crippen molar-refractivity contribution in [3.8, 4) is 23.8 Å². The van der Waals surface area contributed by atoms with E-state index < -0.39 is 5.91 Å². The van der Waals surface area contributed by atoms with Gasteiger partial charge in [0.15, 0.2) is 18.1 Å². The number of ether oxygens (including phenoxy) is 2. The van der Waals surface area contributed by atoms with Gasteiger partial charge in [0, 0.05) is 11.6 Å². The zero-order valence-electron chi connectivity index (χ0n) is 14.5. The number of carbonyl (C=O) groups excluding carboxylic acids is 2. The minimum atomic E-state index is -0.584. The minimum Gasteiger partial charge on any atom is -0.493 e. The second kappa shape index (κ2) is 8.97. The Balaban J connectivity index is 2.20. The van der Waals surface area contributed by atoms with E-state index >= 15 is 0 Å². The molecular formula is C19H24N2O4. The van der Waals surface area contributed by atoms with Crippen LogP contribution >= 0.6 is 0 Å². The Bertz CT molecular complexity index is 660. The summed E-state index contributed by atoms with van der Waals surface area (Å²) in [6.07, 6.45) is 10.9. The van der Waals surface area contributed by atoms with Crippen LogP contribution in [0, 0.1) is 12.3 Å². The van der Waals surface area contributed by atoms with Crippen LogP contribution in [0.5, 0.6) is 11.5 Å². The van der Waals surface area contributed by atoms with Gasteiger partial charge in [-0.3, -0.25) is 9.59 Å². The normalized spacial score (nSPS) is 14.4. The zero-order valence-corrected chi connectivity index (χ0v) is 14.5. The second-order valence-corrected chi connectivity index (χ2v) is 6.05. The summed E-state index contributed by atoms with van der Waals surface area (Å²) in [5.41, 5.74) is 5.56. The Morgan fingerprint density at radius 3 is 2.60 bits per heavy atom. The monoisotopic (exact) mass is 344 g/mol. The van der Waals surface area contributed by atoms with Gasteiger partial charge in [0.2, 0.25) is 0 Å². The molecule has 6 nitrogen and oxygen atoms in total. The number of amides is 2. The first kappa shape index (κ1) is 18.7. The molecule has 0 heterocycles. The van der Waals surface area contributed by atoms with Crippen molar-refractivity contribution in [1.82, 2.24) is 4.90 Å². The molecule has 6 heteroatoms. The zero-order chi connectivity index (χ0) is 18.2. The first-order valence-corrected chi connectivity index (χ1v) is 8.40. The summed E-state index contributed by atoms with van der Waals surface area (Å²) in [6.45, 7) is 0.0285. The fourth-order valence-corrected chi connectivity index (χ4v) is 3.09. The lowest BCUT2D eigenvalue weighted by Crippen LogP contribution is -2.41. The summed E-state index contributed by atoms with van der Waals surface area (Å²) in [6, 6.07) is 5.02. The quantitative estimate of drug-likeness (QED) is 0.767. The molecule has 0 spiro atoms. The number of terminal acetylenes is 1. The van der Waals surface area contributed by atoms with Crippen LogP contribution in [0.4, 0.5) is 0 Å². The third kappa shape index (κ3) is 4.90. The lowest BCUT2D eigenvalue weighted by Gasteiger charge is -2.33. The van der Waals surface area contributed by atoms with Gasteiger partial charge in [-0.25, -0.2) is 0 Å². The molecule has 134 valence electrons. The minimum absolute atomic E-state index is 0.121. The molecule has 0 aliphatic heterocycles. The number of hydrogen-bond donors (Lipinski definition) is 1. The third-order valence-corrected chi connectivity index (χ3v) is 4.32. The van der Waals surface area contributed by atoms with Crippen molar-refractivity contribution in [3.05, 3.63) is 23.8 Å². The number of primary amides is 1. The molecule has 25 heavy (non-hydrogen) atoms. The highest BCUT2D eigenvalue weighted by molar-refractivity contribution is 5.95. The molecule has 0 radical (unpaired) electrons. The highest BCUT2D eigenvalue weighted by Crippen LogP contribution is 2.30. The molecule has 1 aliphatic carbocycles. The highest BCUT2D eigenvalue weighted by atomic mass is 16.5. The van der Waals surface area contributed by atoms with Gasteiger partial charge in [0.25, 0.3) is 11.8 Å². The van der Waals surface area contributed by atoms with Crippen LogP contribution in [0.1, 0.15) is 42.5 Å². The molecule has 2 amide bonds. The predicted molar refractivity (Wildman–Crippen MR) is 94.4 cm³/mol. The van der Waals surface area contributed by atoms with E-state index in [9.17, 15) is 9.59 Å². The Hall–Kier alpha value is -2.68. The molecule has 1 aromatic rings. The summed E-state index contributed by atoms with van der Waals surface area (Å²) in [7, 11) is 1.47. The van der Waals surface area contributed by atoms with E-state index in [-0.39, 0.29) is 25.1 Å². The first-order valence-electron chi connectivity index (χ1n) is 8.40. The summed E-state index contributed by atoms with van der Waals surface area (Å²) in [4.78, 5) is 25.6. The van der Waals surface area contributed by atoms with E-state index in [0.717, 1.165) is 25.7 Å². The smallest absolute Gasteiger partial charge is 0.255 e. The topological polar surface area (TPSA) is 81.9 Å². The van der Waals surface area contributed by atoms with E-state index in [0.29, 0.717) is 17.1 Å². The van der Waals surface area contributed by atoms with E-state index in [2.05, 4.69) is 5.92 Å². The number of hydrogen-bond acceptors (Lipinski definition) is 4. The van der Waals surface area contributed by atoms with E-state index in [1.807, 2.05) is 0 Å². The molecule has 1 fully saturated rings. The summed E-state index contributed by atoms with van der Waals surface area (Å²) < 4.78 is 10.6. The molecule has 0 atom stereocenters. The summed E-state index contributed by atoms with van der Waals surface area (Å²) >= 11 is 0. The van der Waals surface area contributed by atoms with Gasteiger partial charge in [0.05, 0.1) is 13.7 Å². The molecule has 0 bridgehead atoms. The van der Waals surface area contributed by atoms with Crippen molar-refractivity contribution in [1.29, 1.82) is 0 Å². The fraction of sp³-hybridized carbons (Fsp3) is 0.474. The Labute approximate surface area is 148 Å². The molecule has 0 saturated heterocycles. The van der Waals surface area contributed by atoms with Gasteiger partial charge >= 0.3 is 0 Å². The van der Waals surface area contributed by atoms with E-state index in [4.69, 9.17) is 21.6 Å². The van der Waals surface area contributed by atoms with Crippen molar-refractivity contribution in [2.45, 2.75) is 38.1 Å². The van der Waals surface area contributed by atoms with Gasteiger partial charge in [-0.2, -0.15) is 0 Å². The molecule has 1 aromatic carbocycles. The van der Waals surface area contributed by atoms with Gasteiger partial charge in [-0.1, -0.05) is 25.2 Å². The summed E-state index contributed by atoms with van der Waals surface area (Å²) in [5, 5.41) is 0. The second-order valence-electron chi connectivity index (χ2n) is 6.05. The maximum Gasteiger partial charge on any atom is 0.255 e. The standard InChI is InChI=1S/C19H24N2O4/c1-3-11-21(15-7-5-4-6-8-15)19(23)14-9-10-16(17(12-14)24-2)25-13-18(20)22/h1,9-10,12,15H,4-8,11,13H2,2H3,(H2,20,22). The largest absolute Gasteiger partial charge is 0.493 e. The SMILES string of the molecule is C#CCN(C(=O)c1ccc(OCC(N)=O)c(OC)c1)C1CCCCC1. The van der Waals surface area contributed by atoms with Crippen molar-refractivity contribution >= 4 is 11.8 Å². The Morgan fingerprint density at radius 2 is 2.00 bits per heavy atom. The number of rotatable bonds is 7. The molecule has 0 unspecified atom stereocenters. The van der Waals surface area contributed by atoms with Crippen LogP contribution in [0.3, 0.4) is 0 Å². The predicted octanol–water partition coefficient (Wildman–Crippen LogP) is 1.97. The average Bonchev–Trinajstić information content (AvgIpc) is 2.64. The Morgan fingerprint density at radius 1 is 1.28 bits per heavy atom. The van der Waals surface area contributed by atoms with Crippen LogP contribution in [-0.4, -0.2) is 43.0 Å². The number of nitrogens with zero attached hydrogens (tertiary/aromatic N) is 1. The number of carbonyl (C=O) groups is 2. The number of benzene rings is 1. The number of nitrogens with two attached hydrogens (primary N) is 1. The van der Waals surface area contributed by atoms with Gasteiger partial charge in [0.1, 0.15) is 0 Å².